The van der Waals surface area contributed by atoms with E-state index in [0.29, 0.717) is 0 Å². The first-order valence-corrected chi connectivity index (χ1v) is 3.50. The summed E-state index contributed by atoms with van der Waals surface area (Å²) in [4.78, 5) is 12.0. The predicted molar refractivity (Wildman–Crippen MR) is 49.1 cm³/mol. The summed E-state index contributed by atoms with van der Waals surface area (Å²) in [7, 11) is 0. The summed E-state index contributed by atoms with van der Waals surface area (Å²) < 4.78 is 0. The summed E-state index contributed by atoms with van der Waals surface area (Å²) in [5, 5.41) is 6.10. The van der Waals surface area contributed by atoms with Crippen LogP contribution in [0.25, 0.3) is 20.9 Å². The van der Waals surface area contributed by atoms with Crippen LogP contribution >= 0.6 is 11.6 Å². The van der Waals surface area contributed by atoms with E-state index in [1.807, 2.05) is 0 Å². The minimum Gasteiger partial charge on any atom is -0.395 e. The van der Waals surface area contributed by atoms with Crippen molar-refractivity contribution in [3.63, 3.8) is 0 Å². The Bertz CT molecular complexity index is 454. The van der Waals surface area contributed by atoms with E-state index in [9.17, 15) is 0 Å². The first-order valence-electron chi connectivity index (χ1n) is 3.12. The topological polar surface area (TPSA) is 149 Å². The maximum absolute atomic E-state index is 8.15. The number of halogens is 1. The Labute approximate surface area is 81.8 Å². The Morgan fingerprint density at radius 2 is 1.86 bits per heavy atom. The summed E-state index contributed by atoms with van der Waals surface area (Å²) in [6, 6.07) is 0. The molecule has 0 aromatic carbocycles. The SMILES string of the molecule is [N-]=[N+]=Nc1nc(Cl)c(N)c(N=[N+]=[N-])n1. The second kappa shape index (κ2) is 4.15. The van der Waals surface area contributed by atoms with Gasteiger partial charge in [-0.3, -0.25) is 0 Å². The average molecular weight is 212 g/mol. The molecule has 1 rings (SSSR count). The van der Waals surface area contributed by atoms with Crippen molar-refractivity contribution in [1.82, 2.24) is 9.97 Å². The van der Waals surface area contributed by atoms with Gasteiger partial charge in [-0.25, -0.2) is 9.97 Å². The molecule has 0 radical (unpaired) electrons. The molecule has 0 aliphatic rings. The molecule has 1 aromatic rings. The van der Waals surface area contributed by atoms with Gasteiger partial charge in [0, 0.05) is 9.82 Å². The second-order valence-electron chi connectivity index (χ2n) is 1.93. The summed E-state index contributed by atoms with van der Waals surface area (Å²) in [6.45, 7) is 0. The van der Waals surface area contributed by atoms with E-state index in [-0.39, 0.29) is 22.6 Å². The maximum atomic E-state index is 8.15. The van der Waals surface area contributed by atoms with E-state index in [1.165, 1.54) is 0 Å². The average Bonchev–Trinajstić information content (AvgIpc) is 2.14. The van der Waals surface area contributed by atoms with Gasteiger partial charge in [-0.15, -0.1) is 0 Å². The highest BCUT2D eigenvalue weighted by molar-refractivity contribution is 6.32. The van der Waals surface area contributed by atoms with E-state index in [1.54, 1.807) is 0 Å². The van der Waals surface area contributed by atoms with Crippen LogP contribution in [0.15, 0.2) is 10.2 Å². The Hall–Kier alpha value is -2.21. The second-order valence-corrected chi connectivity index (χ2v) is 2.29. The highest BCUT2D eigenvalue weighted by Gasteiger charge is 2.07. The van der Waals surface area contributed by atoms with Crippen LogP contribution in [0.2, 0.25) is 5.15 Å². The zero-order chi connectivity index (χ0) is 10.6. The fourth-order valence-corrected chi connectivity index (χ4v) is 0.784. The van der Waals surface area contributed by atoms with Gasteiger partial charge in [-0.1, -0.05) is 11.6 Å². The van der Waals surface area contributed by atoms with Crippen molar-refractivity contribution >= 4 is 29.1 Å². The van der Waals surface area contributed by atoms with Gasteiger partial charge in [0.25, 0.3) is 0 Å². The van der Waals surface area contributed by atoms with Gasteiger partial charge >= 0.3 is 0 Å². The van der Waals surface area contributed by atoms with Gasteiger partial charge in [0.1, 0.15) is 0 Å². The molecule has 0 atom stereocenters. The Morgan fingerprint density at radius 1 is 1.21 bits per heavy atom. The monoisotopic (exact) mass is 211 g/mol. The van der Waals surface area contributed by atoms with Crippen molar-refractivity contribution in [2.24, 2.45) is 10.2 Å². The lowest BCUT2D eigenvalue weighted by Gasteiger charge is -2.00. The van der Waals surface area contributed by atoms with Crippen LogP contribution in [0, 0.1) is 0 Å². The number of nitrogens with zero attached hydrogens (tertiary/aromatic N) is 8. The van der Waals surface area contributed by atoms with Gasteiger partial charge in [0.2, 0.25) is 5.95 Å². The Morgan fingerprint density at radius 3 is 2.43 bits per heavy atom. The quantitative estimate of drug-likeness (QED) is 0.346. The molecule has 1 heterocycles. The third kappa shape index (κ3) is 1.93. The molecule has 9 nitrogen and oxygen atoms in total. The van der Waals surface area contributed by atoms with Crippen molar-refractivity contribution in [1.29, 1.82) is 0 Å². The molecule has 10 heteroatoms. The van der Waals surface area contributed by atoms with Crippen molar-refractivity contribution in [3.05, 3.63) is 26.0 Å². The summed E-state index contributed by atoms with van der Waals surface area (Å²) >= 11 is 5.55. The first-order chi connectivity index (χ1) is 6.69. The third-order valence-corrected chi connectivity index (χ3v) is 1.43. The van der Waals surface area contributed by atoms with Gasteiger partial charge in [0.15, 0.2) is 11.0 Å². The highest BCUT2D eigenvalue weighted by Crippen LogP contribution is 2.28. The number of rotatable bonds is 2. The molecule has 0 saturated heterocycles. The van der Waals surface area contributed by atoms with Gasteiger partial charge in [0.05, 0.1) is 5.69 Å². The molecule has 70 valence electrons. The summed E-state index contributed by atoms with van der Waals surface area (Å²) in [6.07, 6.45) is 0. The fourth-order valence-electron chi connectivity index (χ4n) is 0.624. The smallest absolute Gasteiger partial charge is 0.218 e. The van der Waals surface area contributed by atoms with Gasteiger partial charge < -0.3 is 5.73 Å². The van der Waals surface area contributed by atoms with Gasteiger partial charge in [-0.05, 0) is 21.3 Å². The molecule has 2 N–H and O–H groups in total. The van der Waals surface area contributed by atoms with Crippen LogP contribution in [-0.2, 0) is 0 Å². The lowest BCUT2D eigenvalue weighted by Crippen LogP contribution is -1.92. The molecule has 0 saturated carbocycles. The molecule has 0 fully saturated rings. The highest BCUT2D eigenvalue weighted by atomic mass is 35.5. The molecule has 0 aliphatic carbocycles. The van der Waals surface area contributed by atoms with E-state index in [0.717, 1.165) is 0 Å². The fraction of sp³-hybridized carbons (Fsp3) is 0. The number of hydrogen-bond acceptors (Lipinski definition) is 5. The van der Waals surface area contributed by atoms with Crippen LogP contribution in [0.4, 0.5) is 17.5 Å². The molecule has 1 aromatic heterocycles. The standard InChI is InChI=1S/C4H2ClN9/c5-2-1(6)3(11-13-7)10-4(9-2)12-14-8/h6H2. The lowest BCUT2D eigenvalue weighted by atomic mass is 10.5. The van der Waals surface area contributed by atoms with E-state index in [2.05, 4.69) is 30.0 Å². The number of nitrogens with two attached hydrogens (primary N) is 1. The zero-order valence-electron chi connectivity index (χ0n) is 6.53. The van der Waals surface area contributed by atoms with Crippen LogP contribution in [0.1, 0.15) is 0 Å². The van der Waals surface area contributed by atoms with E-state index < -0.39 is 0 Å². The lowest BCUT2D eigenvalue weighted by molar-refractivity contribution is 1.11. The van der Waals surface area contributed by atoms with Crippen molar-refractivity contribution in [3.8, 4) is 0 Å². The van der Waals surface area contributed by atoms with Crippen molar-refractivity contribution in [2.45, 2.75) is 0 Å². The molecule has 0 unspecified atom stereocenters. The zero-order valence-corrected chi connectivity index (χ0v) is 7.29. The van der Waals surface area contributed by atoms with Crippen LogP contribution in [-0.4, -0.2) is 9.97 Å². The number of aromatic nitrogens is 2. The maximum Gasteiger partial charge on any atom is 0.218 e. The minimum absolute atomic E-state index is 0.0682. The molecular weight excluding hydrogens is 210 g/mol. The van der Waals surface area contributed by atoms with E-state index >= 15 is 0 Å². The van der Waals surface area contributed by atoms with Crippen LogP contribution in [0.3, 0.4) is 0 Å². The molecule has 0 amide bonds. The molecular formula is C4H2ClN9. The number of anilines is 1. The Balaban J connectivity index is 3.41. The van der Waals surface area contributed by atoms with E-state index in [4.69, 9.17) is 28.4 Å². The normalized spacial score (nSPS) is 8.64. The van der Waals surface area contributed by atoms with Crippen molar-refractivity contribution < 1.29 is 0 Å². The largest absolute Gasteiger partial charge is 0.395 e. The number of nitrogen functional groups attached to an aromatic ring is 1. The summed E-state index contributed by atoms with van der Waals surface area (Å²) in [5.74, 6) is -0.427. The van der Waals surface area contributed by atoms with Crippen molar-refractivity contribution in [2.75, 3.05) is 5.73 Å². The molecule has 0 bridgehead atoms. The first kappa shape index (κ1) is 9.87. The van der Waals surface area contributed by atoms with Crippen LogP contribution in [0.5, 0.6) is 0 Å². The Kier molecular flexibility index (Phi) is 2.93. The molecule has 14 heavy (non-hydrogen) atoms. The summed E-state index contributed by atoms with van der Waals surface area (Å²) in [5.41, 5.74) is 21.6. The van der Waals surface area contributed by atoms with Crippen LogP contribution < -0.4 is 5.73 Å². The molecule has 0 spiro atoms. The number of hydrogen-bond donors (Lipinski definition) is 1. The number of azide groups is 2. The predicted octanol–water partition coefficient (Wildman–Crippen LogP) is 2.60. The third-order valence-electron chi connectivity index (χ3n) is 1.14. The minimum atomic E-state index is -0.255. The molecule has 0 aliphatic heterocycles. The van der Waals surface area contributed by atoms with Gasteiger partial charge in [-0.2, -0.15) is 0 Å².